The molecule has 0 saturated carbocycles. The predicted octanol–water partition coefficient (Wildman–Crippen LogP) is 6.13. The van der Waals surface area contributed by atoms with Crippen LogP contribution in [-0.2, 0) is 4.79 Å². The summed E-state index contributed by atoms with van der Waals surface area (Å²) < 4.78 is 13.2. The van der Waals surface area contributed by atoms with E-state index in [-0.39, 0.29) is 17.7 Å². The fraction of sp³-hybridized carbons (Fsp3) is 0.200. The third kappa shape index (κ3) is 3.75. The highest BCUT2D eigenvalue weighted by atomic mass is 16.5. The molecule has 1 aliphatic heterocycles. The molecule has 0 radical (unpaired) electrons. The van der Waals surface area contributed by atoms with Gasteiger partial charge in [-0.25, -0.2) is 4.98 Å². The van der Waals surface area contributed by atoms with Gasteiger partial charge in [0, 0.05) is 29.7 Å². The van der Waals surface area contributed by atoms with Gasteiger partial charge in [0.25, 0.3) is 0 Å². The van der Waals surface area contributed by atoms with Crippen molar-refractivity contribution < 1.29 is 14.3 Å². The number of anilines is 1. The summed E-state index contributed by atoms with van der Waals surface area (Å²) >= 11 is 0. The largest absolute Gasteiger partial charge is 0.497 e. The van der Waals surface area contributed by atoms with Crippen molar-refractivity contribution in [3.63, 3.8) is 0 Å². The Balaban J connectivity index is 1.44. The molecule has 2 heterocycles. The van der Waals surface area contributed by atoms with Gasteiger partial charge in [-0.1, -0.05) is 60.7 Å². The van der Waals surface area contributed by atoms with Gasteiger partial charge in [-0.05, 0) is 35.7 Å². The molecule has 4 aromatic rings. The average molecular weight is 478 g/mol. The molecule has 0 fully saturated rings. The Kier molecular flexibility index (Phi) is 5.56. The predicted molar refractivity (Wildman–Crippen MR) is 141 cm³/mol. The van der Waals surface area contributed by atoms with E-state index in [2.05, 4.69) is 40.2 Å². The van der Waals surface area contributed by atoms with Gasteiger partial charge in [0.15, 0.2) is 5.78 Å². The fourth-order valence-corrected chi connectivity index (χ4v) is 5.39. The number of aromatic nitrogens is 2. The molecule has 1 N–H and O–H groups in total. The first-order chi connectivity index (χ1) is 17.7. The zero-order valence-electron chi connectivity index (χ0n) is 20.3. The molecule has 6 nitrogen and oxygen atoms in total. The van der Waals surface area contributed by atoms with Crippen molar-refractivity contribution in [3.8, 4) is 11.5 Å². The second-order valence-corrected chi connectivity index (χ2v) is 9.16. The lowest BCUT2D eigenvalue weighted by Crippen LogP contribution is -2.32. The molecule has 2 unspecified atom stereocenters. The number of nitrogens with zero attached hydrogens (tertiary/aromatic N) is 2. The number of ether oxygens (including phenoxy) is 2. The van der Waals surface area contributed by atoms with Gasteiger partial charge in [0.05, 0.1) is 31.3 Å². The minimum absolute atomic E-state index is 0.000660. The number of benzene rings is 3. The molecule has 6 heteroatoms. The minimum atomic E-state index is -0.241. The maximum atomic E-state index is 13.8. The molecule has 1 aromatic heterocycles. The van der Waals surface area contributed by atoms with Gasteiger partial charge >= 0.3 is 0 Å². The van der Waals surface area contributed by atoms with Crippen molar-refractivity contribution >= 4 is 28.8 Å². The summed E-state index contributed by atoms with van der Waals surface area (Å²) in [4.78, 5) is 18.7. The van der Waals surface area contributed by atoms with Gasteiger partial charge in [0.2, 0.25) is 5.95 Å². The molecule has 2 aliphatic rings. The van der Waals surface area contributed by atoms with E-state index in [1.54, 1.807) is 14.2 Å². The molecule has 6 rings (SSSR count). The Bertz CT molecular complexity index is 1520. The number of rotatable bonds is 5. The summed E-state index contributed by atoms with van der Waals surface area (Å²) in [5, 5.41) is 3.52. The number of hydrogen-bond donors (Lipinski definition) is 1. The third-order valence-electron chi connectivity index (χ3n) is 7.09. The number of carbonyl (C=O) groups excluding carboxylic acids is 1. The Labute approximate surface area is 209 Å². The Morgan fingerprint density at radius 3 is 2.58 bits per heavy atom. The second-order valence-electron chi connectivity index (χ2n) is 9.16. The maximum Gasteiger partial charge on any atom is 0.209 e. The van der Waals surface area contributed by atoms with Crippen LogP contribution in [0.1, 0.15) is 35.9 Å². The van der Waals surface area contributed by atoms with Crippen LogP contribution in [0, 0.1) is 0 Å². The Hall–Kier alpha value is -4.32. The molecule has 0 bridgehead atoms. The molecular weight excluding hydrogens is 450 g/mol. The quantitative estimate of drug-likeness (QED) is 0.374. The number of ketones is 1. The molecule has 0 amide bonds. The summed E-state index contributed by atoms with van der Waals surface area (Å²) in [6.07, 6.45) is 5.32. The zero-order chi connectivity index (χ0) is 24.6. The van der Waals surface area contributed by atoms with Crippen molar-refractivity contribution in [1.82, 2.24) is 9.55 Å². The SMILES string of the molecule is COc1ccc(C2CC(=O)C3=C(C2)Nc2nc4ccccc4n2C3/C=C/c2ccccc2)c(OC)c1. The van der Waals surface area contributed by atoms with Gasteiger partial charge in [-0.2, -0.15) is 0 Å². The van der Waals surface area contributed by atoms with Crippen molar-refractivity contribution in [2.45, 2.75) is 24.8 Å². The number of para-hydroxylation sites is 2. The lowest BCUT2D eigenvalue weighted by molar-refractivity contribution is -0.116. The third-order valence-corrected chi connectivity index (χ3v) is 7.09. The monoisotopic (exact) mass is 477 g/mol. The summed E-state index contributed by atoms with van der Waals surface area (Å²) in [6, 6.07) is 23.8. The van der Waals surface area contributed by atoms with E-state index in [4.69, 9.17) is 14.5 Å². The number of methoxy groups -OCH3 is 2. The first-order valence-corrected chi connectivity index (χ1v) is 12.1. The van der Waals surface area contributed by atoms with Crippen LogP contribution in [0.15, 0.2) is 90.1 Å². The van der Waals surface area contributed by atoms with Gasteiger partial charge in [0.1, 0.15) is 11.5 Å². The maximum absolute atomic E-state index is 13.8. The summed E-state index contributed by atoms with van der Waals surface area (Å²) in [7, 11) is 3.29. The van der Waals surface area contributed by atoms with Crippen molar-refractivity contribution in [1.29, 1.82) is 0 Å². The standard InChI is InChI=1S/C30H27N3O3/c1-35-21-13-14-22(28(18-21)36-2)20-16-24-29(27(34)17-20)26(15-12-19-8-4-3-5-9-19)33-25-11-7-6-10-23(25)31-30(33)32-24/h3-15,18,20,26H,16-17H2,1-2H3,(H,31,32)/b15-12+. The number of hydrogen-bond acceptors (Lipinski definition) is 5. The average Bonchev–Trinajstić information content (AvgIpc) is 3.29. The summed E-state index contributed by atoms with van der Waals surface area (Å²) in [5.74, 6) is 2.36. The molecule has 36 heavy (non-hydrogen) atoms. The highest BCUT2D eigenvalue weighted by molar-refractivity contribution is 6.01. The van der Waals surface area contributed by atoms with Crippen LogP contribution in [0.4, 0.5) is 5.95 Å². The Morgan fingerprint density at radius 1 is 0.972 bits per heavy atom. The van der Waals surface area contributed by atoms with E-state index < -0.39 is 0 Å². The van der Waals surface area contributed by atoms with Crippen LogP contribution in [0.25, 0.3) is 17.1 Å². The highest BCUT2D eigenvalue weighted by Gasteiger charge is 2.38. The van der Waals surface area contributed by atoms with E-state index in [1.807, 2.05) is 54.6 Å². The fourth-order valence-electron chi connectivity index (χ4n) is 5.39. The van der Waals surface area contributed by atoms with Crippen LogP contribution in [-0.4, -0.2) is 29.6 Å². The highest BCUT2D eigenvalue weighted by Crippen LogP contribution is 2.46. The number of carbonyl (C=O) groups is 1. The first-order valence-electron chi connectivity index (χ1n) is 12.1. The molecular formula is C30H27N3O3. The second kappa shape index (κ2) is 9.04. The van der Waals surface area contributed by atoms with E-state index in [9.17, 15) is 4.79 Å². The molecule has 2 atom stereocenters. The van der Waals surface area contributed by atoms with Crippen LogP contribution in [0.5, 0.6) is 11.5 Å². The van der Waals surface area contributed by atoms with Gasteiger partial charge < -0.3 is 14.8 Å². The molecule has 0 spiro atoms. The normalized spacial score (nSPS) is 19.2. The van der Waals surface area contributed by atoms with E-state index in [0.717, 1.165) is 50.9 Å². The molecule has 180 valence electrons. The number of Topliss-reactive ketones (excluding diaryl/α,β-unsaturated/α-hetero) is 1. The number of allylic oxidation sites excluding steroid dienone is 3. The van der Waals surface area contributed by atoms with Crippen LogP contribution >= 0.6 is 0 Å². The van der Waals surface area contributed by atoms with Crippen LogP contribution < -0.4 is 14.8 Å². The molecule has 1 aliphatic carbocycles. The van der Waals surface area contributed by atoms with Crippen molar-refractivity contribution in [2.24, 2.45) is 0 Å². The summed E-state index contributed by atoms with van der Waals surface area (Å²) in [5.41, 5.74) is 5.74. The number of imidazole rings is 1. The van der Waals surface area contributed by atoms with Crippen LogP contribution in [0.3, 0.4) is 0 Å². The van der Waals surface area contributed by atoms with Gasteiger partial charge in [-0.15, -0.1) is 0 Å². The number of nitrogens with one attached hydrogen (secondary N) is 1. The van der Waals surface area contributed by atoms with Crippen LogP contribution in [0.2, 0.25) is 0 Å². The smallest absolute Gasteiger partial charge is 0.209 e. The van der Waals surface area contributed by atoms with E-state index in [1.165, 1.54) is 0 Å². The van der Waals surface area contributed by atoms with Crippen molar-refractivity contribution in [2.75, 3.05) is 19.5 Å². The van der Waals surface area contributed by atoms with Gasteiger partial charge in [-0.3, -0.25) is 9.36 Å². The zero-order valence-corrected chi connectivity index (χ0v) is 20.3. The first kappa shape index (κ1) is 22.2. The Morgan fingerprint density at radius 2 is 1.78 bits per heavy atom. The summed E-state index contributed by atoms with van der Waals surface area (Å²) in [6.45, 7) is 0. The van der Waals surface area contributed by atoms with Crippen molar-refractivity contribution in [3.05, 3.63) is 101 Å². The molecule has 0 saturated heterocycles. The topological polar surface area (TPSA) is 65.4 Å². The lowest BCUT2D eigenvalue weighted by atomic mass is 9.78. The van der Waals surface area contributed by atoms with E-state index in [0.29, 0.717) is 12.8 Å². The molecule has 3 aromatic carbocycles. The number of fused-ring (bicyclic) bond motifs is 3. The van der Waals surface area contributed by atoms with E-state index >= 15 is 0 Å². The lowest BCUT2D eigenvalue weighted by Gasteiger charge is -2.35. The minimum Gasteiger partial charge on any atom is -0.497 e.